The Hall–Kier alpha value is -1.43. The Balaban J connectivity index is 3.00. The minimum absolute atomic E-state index is 0.113. The lowest BCUT2D eigenvalue weighted by molar-refractivity contribution is -0.102. The van der Waals surface area contributed by atoms with Crippen LogP contribution in [0.25, 0.3) is 0 Å². The fourth-order valence-electron chi connectivity index (χ4n) is 0.540. The third-order valence-electron chi connectivity index (χ3n) is 1.00. The number of nitrogens with zero attached hydrogens (tertiary/aromatic N) is 2. The SMILES string of the molecule is Nc1nc(/C(C=O)=N\O)cs1. The van der Waals surface area contributed by atoms with Crippen molar-refractivity contribution in [2.24, 2.45) is 5.16 Å². The molecule has 0 aliphatic carbocycles. The monoisotopic (exact) mass is 171 g/mol. The van der Waals surface area contributed by atoms with Crippen LogP contribution in [0.4, 0.5) is 5.13 Å². The first kappa shape index (κ1) is 7.67. The molecule has 1 heterocycles. The van der Waals surface area contributed by atoms with Gasteiger partial charge in [-0.25, -0.2) is 4.98 Å². The van der Waals surface area contributed by atoms with Crippen molar-refractivity contribution in [1.29, 1.82) is 0 Å². The molecule has 11 heavy (non-hydrogen) atoms. The number of nitrogens with two attached hydrogens (primary N) is 1. The molecular formula is C5H5N3O2S. The number of aldehydes is 1. The summed E-state index contributed by atoms with van der Waals surface area (Å²) in [7, 11) is 0. The summed E-state index contributed by atoms with van der Waals surface area (Å²) in [6, 6.07) is 0. The first-order valence-electron chi connectivity index (χ1n) is 2.66. The number of oxime groups is 1. The van der Waals surface area contributed by atoms with Gasteiger partial charge in [0.05, 0.1) is 0 Å². The van der Waals surface area contributed by atoms with Crippen molar-refractivity contribution < 1.29 is 10.0 Å². The van der Waals surface area contributed by atoms with Crippen LogP contribution in [0, 0.1) is 0 Å². The van der Waals surface area contributed by atoms with Gasteiger partial charge in [-0.3, -0.25) is 4.79 Å². The molecule has 0 amide bonds. The van der Waals surface area contributed by atoms with E-state index in [2.05, 4.69) is 10.1 Å². The Bertz CT molecular complexity index is 294. The van der Waals surface area contributed by atoms with Gasteiger partial charge in [-0.1, -0.05) is 5.16 Å². The number of carbonyl (C=O) groups excluding carboxylic acids is 1. The quantitative estimate of drug-likeness (QED) is 0.286. The zero-order valence-corrected chi connectivity index (χ0v) is 6.21. The molecule has 0 aliphatic rings. The summed E-state index contributed by atoms with van der Waals surface area (Å²) < 4.78 is 0. The van der Waals surface area contributed by atoms with E-state index in [1.54, 1.807) is 5.38 Å². The van der Waals surface area contributed by atoms with Crippen LogP contribution in [0.5, 0.6) is 0 Å². The van der Waals surface area contributed by atoms with Crippen LogP contribution in [0.1, 0.15) is 5.69 Å². The van der Waals surface area contributed by atoms with Crippen LogP contribution in [0.3, 0.4) is 0 Å². The average Bonchev–Trinajstić information content (AvgIpc) is 2.39. The summed E-state index contributed by atoms with van der Waals surface area (Å²) in [5.74, 6) is 0. The third kappa shape index (κ3) is 1.53. The number of aromatic nitrogens is 1. The molecule has 5 nitrogen and oxygen atoms in total. The van der Waals surface area contributed by atoms with Gasteiger partial charge < -0.3 is 10.9 Å². The van der Waals surface area contributed by atoms with Gasteiger partial charge >= 0.3 is 0 Å². The van der Waals surface area contributed by atoms with Crippen molar-refractivity contribution in [2.45, 2.75) is 0 Å². The fourth-order valence-corrected chi connectivity index (χ4v) is 1.10. The largest absolute Gasteiger partial charge is 0.410 e. The molecule has 1 rings (SSSR count). The molecular weight excluding hydrogens is 166 g/mol. The fraction of sp³-hybridized carbons (Fsp3) is 0. The number of anilines is 1. The normalized spacial score (nSPS) is 11.5. The first-order chi connectivity index (χ1) is 5.27. The molecule has 0 saturated heterocycles. The van der Waals surface area contributed by atoms with E-state index >= 15 is 0 Å². The standard InChI is InChI=1S/C5H5N3O2S/c6-5-7-4(2-11-5)3(1-9)8-10/h1-2,10H,(H2,6,7)/b8-3-. The highest BCUT2D eigenvalue weighted by atomic mass is 32.1. The Morgan fingerprint density at radius 1 is 1.91 bits per heavy atom. The third-order valence-corrected chi connectivity index (χ3v) is 1.68. The van der Waals surface area contributed by atoms with E-state index in [-0.39, 0.29) is 5.71 Å². The molecule has 1 aromatic rings. The molecule has 0 aromatic carbocycles. The molecule has 3 N–H and O–H groups in total. The minimum Gasteiger partial charge on any atom is -0.410 e. The zero-order valence-electron chi connectivity index (χ0n) is 5.39. The molecule has 0 radical (unpaired) electrons. The number of thiazole rings is 1. The lowest BCUT2D eigenvalue weighted by atomic mass is 10.3. The molecule has 0 unspecified atom stereocenters. The van der Waals surface area contributed by atoms with E-state index in [4.69, 9.17) is 10.9 Å². The molecule has 0 fully saturated rings. The Kier molecular flexibility index (Phi) is 2.17. The molecule has 6 heteroatoms. The van der Waals surface area contributed by atoms with Crippen molar-refractivity contribution in [1.82, 2.24) is 4.98 Å². The molecule has 1 aromatic heterocycles. The summed E-state index contributed by atoms with van der Waals surface area (Å²) in [6.45, 7) is 0. The maximum atomic E-state index is 10.2. The van der Waals surface area contributed by atoms with Crippen LogP contribution in [-0.4, -0.2) is 22.2 Å². The maximum Gasteiger partial charge on any atom is 0.180 e. The number of carbonyl (C=O) groups is 1. The van der Waals surface area contributed by atoms with Gasteiger partial charge in [-0.05, 0) is 0 Å². The molecule has 0 saturated carbocycles. The van der Waals surface area contributed by atoms with E-state index in [1.165, 1.54) is 11.3 Å². The average molecular weight is 171 g/mol. The maximum absolute atomic E-state index is 10.2. The van der Waals surface area contributed by atoms with Gasteiger partial charge in [0.25, 0.3) is 0 Å². The second kappa shape index (κ2) is 3.11. The van der Waals surface area contributed by atoms with Crippen molar-refractivity contribution >= 4 is 28.5 Å². The second-order valence-corrected chi connectivity index (χ2v) is 2.56. The number of nitrogen functional groups attached to an aromatic ring is 1. The van der Waals surface area contributed by atoms with Crippen LogP contribution < -0.4 is 5.73 Å². The van der Waals surface area contributed by atoms with Crippen LogP contribution in [0.15, 0.2) is 10.5 Å². The first-order valence-corrected chi connectivity index (χ1v) is 3.54. The highest BCUT2D eigenvalue weighted by Crippen LogP contribution is 2.10. The van der Waals surface area contributed by atoms with Gasteiger partial charge in [-0.2, -0.15) is 0 Å². The predicted octanol–water partition coefficient (Wildman–Crippen LogP) is 0.103. The van der Waals surface area contributed by atoms with E-state index in [0.29, 0.717) is 17.1 Å². The highest BCUT2D eigenvalue weighted by Gasteiger charge is 2.05. The molecule has 0 bridgehead atoms. The van der Waals surface area contributed by atoms with Crippen molar-refractivity contribution in [3.05, 3.63) is 11.1 Å². The van der Waals surface area contributed by atoms with Gasteiger partial charge in [0.1, 0.15) is 5.69 Å². The summed E-state index contributed by atoms with van der Waals surface area (Å²) in [6.07, 6.45) is 0.411. The summed E-state index contributed by atoms with van der Waals surface area (Å²) in [4.78, 5) is 13.9. The lowest BCUT2D eigenvalue weighted by Crippen LogP contribution is -2.02. The summed E-state index contributed by atoms with van der Waals surface area (Å²) >= 11 is 1.18. The van der Waals surface area contributed by atoms with Crippen LogP contribution in [0.2, 0.25) is 0 Å². The van der Waals surface area contributed by atoms with Crippen molar-refractivity contribution in [3.63, 3.8) is 0 Å². The topological polar surface area (TPSA) is 88.6 Å². The summed E-state index contributed by atoms with van der Waals surface area (Å²) in [5, 5.41) is 12.9. The van der Waals surface area contributed by atoms with E-state index < -0.39 is 0 Å². The molecule has 58 valence electrons. The van der Waals surface area contributed by atoms with Gasteiger partial charge in [0.2, 0.25) is 0 Å². The second-order valence-electron chi connectivity index (χ2n) is 1.67. The number of hydrogen-bond donors (Lipinski definition) is 2. The van der Waals surface area contributed by atoms with Gasteiger partial charge in [0.15, 0.2) is 17.1 Å². The van der Waals surface area contributed by atoms with Crippen molar-refractivity contribution in [2.75, 3.05) is 5.73 Å². The molecule has 0 aliphatic heterocycles. The van der Waals surface area contributed by atoms with Crippen LogP contribution >= 0.6 is 11.3 Å². The Morgan fingerprint density at radius 3 is 3.00 bits per heavy atom. The van der Waals surface area contributed by atoms with Gasteiger partial charge in [0, 0.05) is 5.38 Å². The predicted molar refractivity (Wildman–Crippen MR) is 40.9 cm³/mol. The smallest absolute Gasteiger partial charge is 0.180 e. The number of rotatable bonds is 2. The Morgan fingerprint density at radius 2 is 2.64 bits per heavy atom. The minimum atomic E-state index is -0.113. The number of hydrogen-bond acceptors (Lipinski definition) is 6. The zero-order chi connectivity index (χ0) is 8.27. The highest BCUT2D eigenvalue weighted by molar-refractivity contribution is 7.13. The van der Waals surface area contributed by atoms with Gasteiger partial charge in [-0.15, -0.1) is 11.3 Å². The Labute approximate surface area is 66.2 Å². The van der Waals surface area contributed by atoms with Crippen LogP contribution in [-0.2, 0) is 4.79 Å². The molecule has 0 spiro atoms. The van der Waals surface area contributed by atoms with E-state index in [0.717, 1.165) is 0 Å². The van der Waals surface area contributed by atoms with E-state index in [1.807, 2.05) is 0 Å². The molecule has 0 atom stereocenters. The van der Waals surface area contributed by atoms with E-state index in [9.17, 15) is 4.79 Å². The summed E-state index contributed by atoms with van der Waals surface area (Å²) in [5.41, 5.74) is 5.46. The van der Waals surface area contributed by atoms with Crippen molar-refractivity contribution in [3.8, 4) is 0 Å². The lowest BCUT2D eigenvalue weighted by Gasteiger charge is -1.85.